The summed E-state index contributed by atoms with van der Waals surface area (Å²) in [6.07, 6.45) is 4.39. The number of unbranched alkanes of at least 4 members (excludes halogenated alkanes) is 4. The van der Waals surface area contributed by atoms with Crippen molar-refractivity contribution >= 4 is 22.7 Å². The van der Waals surface area contributed by atoms with Gasteiger partial charge in [-0.2, -0.15) is 4.98 Å². The Bertz CT molecular complexity index is 1150. The molecule has 9 nitrogen and oxygen atoms in total. The van der Waals surface area contributed by atoms with Crippen LogP contribution in [0.5, 0.6) is 0 Å². The maximum atomic E-state index is 12.3. The quantitative estimate of drug-likeness (QED) is 0.408. The van der Waals surface area contributed by atoms with Gasteiger partial charge in [0.2, 0.25) is 0 Å². The lowest BCUT2D eigenvalue weighted by molar-refractivity contribution is -0.137. The van der Waals surface area contributed by atoms with Crippen LogP contribution in [0.15, 0.2) is 21.7 Å². The van der Waals surface area contributed by atoms with E-state index >= 15 is 0 Å². The molecule has 0 saturated carbocycles. The molecule has 0 unspecified atom stereocenters. The zero-order valence-corrected chi connectivity index (χ0v) is 17.6. The van der Waals surface area contributed by atoms with Gasteiger partial charge in [-0.1, -0.05) is 19.3 Å². The standard InChI is InChI=1S/C21H27N5O4/c1-13-11-14-16(12-15(13)25(2)3)26(10-8-6-4-5-7-9-17(27)28)19-18(22-14)20(29)24-21(30)23-19/h11-12H,4-10H2,1-3H3,(H,27,28)(H,24,29,30). The van der Waals surface area contributed by atoms with Crippen molar-refractivity contribution in [1.82, 2.24) is 19.5 Å². The Balaban J connectivity index is 1.96. The Morgan fingerprint density at radius 3 is 2.50 bits per heavy atom. The van der Waals surface area contributed by atoms with Crippen LogP contribution in [-0.4, -0.2) is 44.7 Å². The first-order chi connectivity index (χ1) is 14.3. The average molecular weight is 413 g/mol. The fourth-order valence-electron chi connectivity index (χ4n) is 3.72. The highest BCUT2D eigenvalue weighted by atomic mass is 16.4. The molecule has 0 atom stereocenters. The Labute approximate surface area is 173 Å². The molecule has 0 saturated heterocycles. The minimum atomic E-state index is -0.767. The summed E-state index contributed by atoms with van der Waals surface area (Å²) in [5.74, 6) is -0.479. The third-order valence-corrected chi connectivity index (χ3v) is 5.18. The number of carbonyl (C=O) groups is 1. The van der Waals surface area contributed by atoms with Gasteiger partial charge in [-0.3, -0.25) is 14.6 Å². The number of aryl methyl sites for hydroxylation is 2. The Hall–Kier alpha value is -3.23. The number of H-pyrrole nitrogens is 1. The van der Waals surface area contributed by atoms with Crippen molar-refractivity contribution in [2.75, 3.05) is 19.0 Å². The molecule has 2 aliphatic rings. The number of nitrogens with zero attached hydrogens (tertiary/aromatic N) is 4. The summed E-state index contributed by atoms with van der Waals surface area (Å²) in [6, 6.07) is 3.95. The van der Waals surface area contributed by atoms with E-state index in [9.17, 15) is 14.4 Å². The van der Waals surface area contributed by atoms with Crippen molar-refractivity contribution in [2.45, 2.75) is 52.0 Å². The van der Waals surface area contributed by atoms with E-state index in [1.807, 2.05) is 42.6 Å². The minimum Gasteiger partial charge on any atom is -0.481 e. The van der Waals surface area contributed by atoms with Crippen molar-refractivity contribution in [2.24, 2.45) is 0 Å². The number of hydrogen-bond acceptors (Lipinski definition) is 6. The number of anilines is 1. The molecule has 2 heterocycles. The van der Waals surface area contributed by atoms with Gasteiger partial charge in [0, 0.05) is 32.7 Å². The van der Waals surface area contributed by atoms with Gasteiger partial charge in [-0.15, -0.1) is 0 Å². The first-order valence-corrected chi connectivity index (χ1v) is 10.1. The second-order valence-electron chi connectivity index (χ2n) is 7.74. The molecule has 0 spiro atoms. The van der Waals surface area contributed by atoms with Crippen molar-refractivity contribution in [3.63, 3.8) is 0 Å². The molecule has 1 aromatic rings. The number of nitrogens with one attached hydrogen (secondary N) is 1. The van der Waals surface area contributed by atoms with Crippen LogP contribution in [0.25, 0.3) is 22.6 Å². The zero-order valence-electron chi connectivity index (χ0n) is 17.6. The molecule has 0 aliphatic carbocycles. The maximum Gasteiger partial charge on any atom is 0.349 e. The molecule has 30 heavy (non-hydrogen) atoms. The van der Waals surface area contributed by atoms with E-state index in [-0.39, 0.29) is 17.9 Å². The van der Waals surface area contributed by atoms with Gasteiger partial charge < -0.3 is 14.6 Å². The Morgan fingerprint density at radius 1 is 1.10 bits per heavy atom. The molecule has 0 bridgehead atoms. The fourth-order valence-corrected chi connectivity index (χ4v) is 3.72. The molecule has 0 amide bonds. The summed E-state index contributed by atoms with van der Waals surface area (Å²) in [5.41, 5.74) is 2.49. The van der Waals surface area contributed by atoms with Crippen LogP contribution in [-0.2, 0) is 11.3 Å². The predicted molar refractivity (Wildman–Crippen MR) is 115 cm³/mol. The number of hydrogen-bond donors (Lipinski definition) is 2. The van der Waals surface area contributed by atoms with Crippen LogP contribution < -0.4 is 16.1 Å². The van der Waals surface area contributed by atoms with Gasteiger partial charge in [-0.05, 0) is 37.5 Å². The van der Waals surface area contributed by atoms with Gasteiger partial charge in [0.25, 0.3) is 5.56 Å². The molecular weight excluding hydrogens is 386 g/mol. The molecule has 3 rings (SSSR count). The molecular formula is C21H27N5O4. The number of rotatable bonds is 9. The summed E-state index contributed by atoms with van der Waals surface area (Å²) >= 11 is 0. The molecule has 1 aromatic carbocycles. The van der Waals surface area contributed by atoms with Crippen LogP contribution in [0.1, 0.15) is 44.1 Å². The fraction of sp³-hybridized carbons (Fsp3) is 0.476. The van der Waals surface area contributed by atoms with Crippen molar-refractivity contribution in [1.29, 1.82) is 0 Å². The average Bonchev–Trinajstić information content (AvgIpc) is 2.66. The van der Waals surface area contributed by atoms with Crippen molar-refractivity contribution in [3.8, 4) is 11.5 Å². The van der Waals surface area contributed by atoms with Crippen LogP contribution in [0, 0.1) is 6.92 Å². The number of carboxylic acid groups (broad SMARTS) is 1. The molecule has 160 valence electrons. The summed E-state index contributed by atoms with van der Waals surface area (Å²) in [6.45, 7) is 2.58. The highest BCUT2D eigenvalue weighted by molar-refractivity contribution is 5.84. The van der Waals surface area contributed by atoms with Gasteiger partial charge in [0.05, 0.1) is 11.0 Å². The smallest absolute Gasteiger partial charge is 0.349 e. The largest absolute Gasteiger partial charge is 0.481 e. The molecule has 2 aliphatic heterocycles. The summed E-state index contributed by atoms with van der Waals surface area (Å²) < 4.78 is 1.90. The van der Waals surface area contributed by atoms with Gasteiger partial charge in [0.1, 0.15) is 0 Å². The van der Waals surface area contributed by atoms with E-state index in [2.05, 4.69) is 15.0 Å². The second-order valence-corrected chi connectivity index (χ2v) is 7.74. The van der Waals surface area contributed by atoms with Gasteiger partial charge in [-0.25, -0.2) is 9.78 Å². The van der Waals surface area contributed by atoms with E-state index in [1.54, 1.807) is 0 Å². The van der Waals surface area contributed by atoms with Gasteiger partial charge >= 0.3 is 11.7 Å². The number of fused-ring (bicyclic) bond motifs is 2. The lowest BCUT2D eigenvalue weighted by Crippen LogP contribution is -2.29. The summed E-state index contributed by atoms with van der Waals surface area (Å²) in [4.78, 5) is 47.5. The van der Waals surface area contributed by atoms with Crippen molar-refractivity contribution in [3.05, 3.63) is 38.5 Å². The number of carboxylic acids is 1. The Kier molecular flexibility index (Phi) is 6.49. The second kappa shape index (κ2) is 9.06. The zero-order chi connectivity index (χ0) is 21.8. The number of benzene rings is 1. The molecule has 9 heteroatoms. The van der Waals surface area contributed by atoms with Crippen LogP contribution in [0.2, 0.25) is 0 Å². The molecule has 0 radical (unpaired) electrons. The summed E-state index contributed by atoms with van der Waals surface area (Å²) in [5, 5.41) is 8.72. The van der Waals surface area contributed by atoms with E-state index < -0.39 is 17.2 Å². The van der Waals surface area contributed by atoms with E-state index in [0.29, 0.717) is 18.5 Å². The SMILES string of the molecule is Cc1cc2nc3c(=O)[nH]c(=O)nc-3n(CCCCCCCC(=O)O)c2cc1N(C)C. The first-order valence-electron chi connectivity index (χ1n) is 10.1. The minimum absolute atomic E-state index is 0.153. The maximum absolute atomic E-state index is 12.3. The monoisotopic (exact) mass is 413 g/mol. The lowest BCUT2D eigenvalue weighted by Gasteiger charge is -2.21. The third-order valence-electron chi connectivity index (χ3n) is 5.18. The third kappa shape index (κ3) is 4.67. The van der Waals surface area contributed by atoms with Crippen LogP contribution >= 0.6 is 0 Å². The Morgan fingerprint density at radius 2 is 1.80 bits per heavy atom. The molecule has 0 aromatic heterocycles. The van der Waals surface area contributed by atoms with E-state index in [4.69, 9.17) is 5.11 Å². The van der Waals surface area contributed by atoms with Gasteiger partial charge in [0.15, 0.2) is 11.5 Å². The predicted octanol–water partition coefficient (Wildman–Crippen LogP) is 2.38. The number of aromatic nitrogens is 4. The van der Waals surface area contributed by atoms with E-state index in [1.165, 1.54) is 0 Å². The summed E-state index contributed by atoms with van der Waals surface area (Å²) in [7, 11) is 3.92. The van der Waals surface area contributed by atoms with E-state index in [0.717, 1.165) is 42.5 Å². The first kappa shape index (κ1) is 21.5. The van der Waals surface area contributed by atoms with Crippen LogP contribution in [0.4, 0.5) is 5.69 Å². The molecule has 0 fully saturated rings. The highest BCUT2D eigenvalue weighted by Gasteiger charge is 2.19. The normalized spacial score (nSPS) is 11.3. The molecule has 2 N–H and O–H groups in total. The van der Waals surface area contributed by atoms with Crippen molar-refractivity contribution < 1.29 is 9.90 Å². The lowest BCUT2D eigenvalue weighted by atomic mass is 10.1. The topological polar surface area (TPSA) is 121 Å². The highest BCUT2D eigenvalue weighted by Crippen LogP contribution is 2.28. The number of aliphatic carboxylic acids is 1. The number of aromatic amines is 1. The van der Waals surface area contributed by atoms with Crippen LogP contribution in [0.3, 0.4) is 0 Å².